The predicted octanol–water partition coefficient (Wildman–Crippen LogP) is 5.14. The van der Waals surface area contributed by atoms with E-state index in [4.69, 9.17) is 9.47 Å². The average Bonchev–Trinajstić information content (AvgIpc) is 3.53. The third-order valence-electron chi connectivity index (χ3n) is 10.6. The highest BCUT2D eigenvalue weighted by atomic mass is 16.5. The Labute approximate surface area is 350 Å². The van der Waals surface area contributed by atoms with Crippen LogP contribution in [0.3, 0.4) is 0 Å². The molecule has 2 aliphatic heterocycles. The lowest BCUT2D eigenvalue weighted by molar-refractivity contribution is -0.136. The van der Waals surface area contributed by atoms with Crippen molar-refractivity contribution in [1.82, 2.24) is 30.8 Å². The number of carbonyl (C=O) groups excluding carboxylic acids is 7. The highest BCUT2D eigenvalue weighted by Crippen LogP contribution is 2.38. The van der Waals surface area contributed by atoms with Crippen LogP contribution in [0.2, 0.25) is 0 Å². The van der Waals surface area contributed by atoms with Gasteiger partial charge < -0.3 is 25.4 Å². The van der Waals surface area contributed by atoms with Gasteiger partial charge in [0.15, 0.2) is 11.9 Å². The number of carbonyl (C=O) groups is 7. The molecule has 1 saturated heterocycles. The lowest BCUT2D eigenvalue weighted by atomic mass is 10.0. The molecular weight excluding hydrogens is 783 g/mol. The molecule has 2 atom stereocenters. The molecule has 0 radical (unpaired) electrons. The van der Waals surface area contributed by atoms with E-state index < -0.39 is 35.8 Å². The summed E-state index contributed by atoms with van der Waals surface area (Å²) in [6, 6.07) is 19.9. The molecule has 0 spiro atoms. The molecule has 3 aromatic carbocycles. The first-order valence-electron chi connectivity index (χ1n) is 19.8. The van der Waals surface area contributed by atoms with Gasteiger partial charge in [0.05, 0.1) is 35.0 Å². The molecular formula is C45H43N7O9. The van der Waals surface area contributed by atoms with Gasteiger partial charge in [0.25, 0.3) is 23.6 Å². The number of ketones is 1. The fraction of sp³-hybridized carbons (Fsp3) is 0.267. The molecule has 0 saturated carbocycles. The minimum atomic E-state index is -1.12. The van der Waals surface area contributed by atoms with E-state index in [9.17, 15) is 33.6 Å². The van der Waals surface area contributed by atoms with Crippen LogP contribution in [0.5, 0.6) is 11.5 Å². The second-order valence-corrected chi connectivity index (χ2v) is 14.5. The van der Waals surface area contributed by atoms with E-state index >= 15 is 0 Å². The largest absolute Gasteiger partial charge is 0.496 e. The summed E-state index contributed by atoms with van der Waals surface area (Å²) >= 11 is 0. The molecule has 2 aliphatic rings. The third-order valence-corrected chi connectivity index (χ3v) is 10.6. The number of rotatable bonds is 16. The van der Waals surface area contributed by atoms with Crippen molar-refractivity contribution >= 4 is 63.5 Å². The van der Waals surface area contributed by atoms with Crippen LogP contribution in [0, 0.1) is 0 Å². The van der Waals surface area contributed by atoms with E-state index in [1.807, 2.05) is 36.4 Å². The van der Waals surface area contributed by atoms with Gasteiger partial charge in [0.1, 0.15) is 23.2 Å². The van der Waals surface area contributed by atoms with Crippen LogP contribution in [0.25, 0.3) is 22.0 Å². The highest BCUT2D eigenvalue weighted by Gasteiger charge is 2.46. The molecule has 61 heavy (non-hydrogen) atoms. The highest BCUT2D eigenvalue weighted by molar-refractivity contribution is 6.24. The van der Waals surface area contributed by atoms with Crippen LogP contribution in [0.1, 0.15) is 87.0 Å². The number of anilines is 2. The Kier molecular flexibility index (Phi) is 12.4. The summed E-state index contributed by atoms with van der Waals surface area (Å²) in [5.41, 5.74) is 3.95. The molecule has 4 heterocycles. The quantitative estimate of drug-likeness (QED) is 0.0752. The SMILES string of the molecule is CNC(=O)c1cnc2cc(OC)c(-c3ccc(C(=O)NCCCCCC(=O)C(C)Oc4cccc5c4C(=O)N(C4CCC(=O)NC4=O)C5=O)nc3)cc2c1Nc1ccccc1. The number of hydrogen-bond donors (Lipinski definition) is 4. The van der Waals surface area contributed by atoms with Gasteiger partial charge in [0.2, 0.25) is 11.8 Å². The predicted molar refractivity (Wildman–Crippen MR) is 224 cm³/mol. The lowest BCUT2D eigenvalue weighted by Gasteiger charge is -2.27. The number of methoxy groups -OCH3 is 1. The number of ether oxygens (including phenoxy) is 2. The number of imide groups is 2. The molecule has 4 N–H and O–H groups in total. The number of fused-ring (bicyclic) bond motifs is 2. The van der Waals surface area contributed by atoms with Gasteiger partial charge in [-0.1, -0.05) is 36.8 Å². The number of pyridine rings is 2. The van der Waals surface area contributed by atoms with E-state index in [1.165, 1.54) is 24.4 Å². The van der Waals surface area contributed by atoms with Crippen molar-refractivity contribution in [2.75, 3.05) is 26.0 Å². The second-order valence-electron chi connectivity index (χ2n) is 14.5. The fourth-order valence-corrected chi connectivity index (χ4v) is 7.34. The summed E-state index contributed by atoms with van der Waals surface area (Å²) in [7, 11) is 3.11. The van der Waals surface area contributed by atoms with Crippen molar-refractivity contribution < 1.29 is 43.0 Å². The summed E-state index contributed by atoms with van der Waals surface area (Å²) in [5.74, 6) is -2.84. The van der Waals surface area contributed by atoms with Crippen molar-refractivity contribution in [2.45, 2.75) is 57.6 Å². The van der Waals surface area contributed by atoms with Crippen molar-refractivity contribution in [3.8, 4) is 22.6 Å². The van der Waals surface area contributed by atoms with Crippen LogP contribution >= 0.6 is 0 Å². The molecule has 16 nitrogen and oxygen atoms in total. The first-order valence-corrected chi connectivity index (χ1v) is 19.8. The van der Waals surface area contributed by atoms with Crippen LogP contribution < -0.4 is 30.7 Å². The number of amides is 6. The van der Waals surface area contributed by atoms with Gasteiger partial charge in [-0.05, 0) is 62.6 Å². The monoisotopic (exact) mass is 825 g/mol. The standard InChI is InChI=1S/C45H43N7O9/c1-25(61-36-15-10-13-28-39(36)45(59)52(44(28)58)34-18-19-38(54)51-43(34)57)35(53)14-8-5-9-20-47-42(56)32-17-16-26(23-48-32)29-21-30-33(22-37(29)60-3)49-24-31(41(55)46-2)40(30)50-27-11-6-4-7-12-27/h4,6-7,10-13,15-17,21-25,34H,5,8-9,14,18-20H2,1-3H3,(H,46,55)(H,47,56)(H,49,50)(H,51,54,57). The summed E-state index contributed by atoms with van der Waals surface area (Å²) in [6.45, 7) is 1.92. The Morgan fingerprint density at radius 1 is 0.869 bits per heavy atom. The number of aromatic nitrogens is 2. The fourth-order valence-electron chi connectivity index (χ4n) is 7.34. The maximum Gasteiger partial charge on any atom is 0.269 e. The van der Waals surface area contributed by atoms with E-state index in [2.05, 4.69) is 31.2 Å². The van der Waals surface area contributed by atoms with Crippen molar-refractivity contribution in [1.29, 1.82) is 0 Å². The number of unbranched alkanes of at least 4 members (excludes halogenated alkanes) is 2. The Morgan fingerprint density at radius 3 is 2.39 bits per heavy atom. The van der Waals surface area contributed by atoms with Gasteiger partial charge in [-0.15, -0.1) is 0 Å². The smallest absolute Gasteiger partial charge is 0.269 e. The first kappa shape index (κ1) is 41.7. The number of para-hydroxylation sites is 1. The Balaban J connectivity index is 0.917. The first-order chi connectivity index (χ1) is 29.5. The number of benzene rings is 3. The molecule has 2 aromatic heterocycles. The topological polar surface area (TPSA) is 215 Å². The Morgan fingerprint density at radius 2 is 1.67 bits per heavy atom. The number of nitrogens with zero attached hydrogens (tertiary/aromatic N) is 3. The molecule has 2 unspecified atom stereocenters. The van der Waals surface area contributed by atoms with Gasteiger partial charge in [-0.2, -0.15) is 0 Å². The molecule has 7 rings (SSSR count). The van der Waals surface area contributed by atoms with E-state index in [0.717, 1.165) is 10.6 Å². The summed E-state index contributed by atoms with van der Waals surface area (Å²) in [5, 5.41) is 11.8. The van der Waals surface area contributed by atoms with E-state index in [1.54, 1.807) is 45.5 Å². The van der Waals surface area contributed by atoms with Gasteiger partial charge in [-0.25, -0.2) is 0 Å². The number of hydrogen-bond acceptors (Lipinski definition) is 12. The molecule has 312 valence electrons. The number of Topliss-reactive ketones (excluding diaryl/α,β-unsaturated/α-hetero) is 1. The minimum absolute atomic E-state index is 0.000681. The molecule has 6 amide bonds. The summed E-state index contributed by atoms with van der Waals surface area (Å²) in [4.78, 5) is 99.2. The zero-order valence-corrected chi connectivity index (χ0v) is 33.7. The Hall–Kier alpha value is -7.49. The van der Waals surface area contributed by atoms with Crippen molar-refractivity contribution in [3.05, 3.63) is 108 Å². The van der Waals surface area contributed by atoms with Crippen LogP contribution in [-0.2, 0) is 14.4 Å². The summed E-state index contributed by atoms with van der Waals surface area (Å²) < 4.78 is 11.6. The summed E-state index contributed by atoms with van der Waals surface area (Å²) in [6.07, 6.45) is 4.16. The molecule has 5 aromatic rings. The maximum absolute atomic E-state index is 13.4. The zero-order valence-electron chi connectivity index (χ0n) is 33.7. The van der Waals surface area contributed by atoms with Crippen LogP contribution in [0.15, 0.2) is 85.2 Å². The molecule has 16 heteroatoms. The van der Waals surface area contributed by atoms with E-state index in [0.29, 0.717) is 64.8 Å². The molecule has 0 bridgehead atoms. The minimum Gasteiger partial charge on any atom is -0.496 e. The third kappa shape index (κ3) is 8.78. The average molecular weight is 826 g/mol. The Bertz CT molecular complexity index is 2560. The van der Waals surface area contributed by atoms with Gasteiger partial charge in [-0.3, -0.25) is 53.7 Å². The molecule has 0 aliphatic carbocycles. The zero-order chi connectivity index (χ0) is 43.2. The van der Waals surface area contributed by atoms with Crippen molar-refractivity contribution in [3.63, 3.8) is 0 Å². The maximum atomic E-state index is 13.4. The normalized spacial score (nSPS) is 15.2. The van der Waals surface area contributed by atoms with Gasteiger partial charge >= 0.3 is 0 Å². The van der Waals surface area contributed by atoms with Crippen molar-refractivity contribution in [2.24, 2.45) is 0 Å². The van der Waals surface area contributed by atoms with Crippen LogP contribution in [0.4, 0.5) is 11.4 Å². The van der Waals surface area contributed by atoms with E-state index in [-0.39, 0.29) is 59.4 Å². The van der Waals surface area contributed by atoms with Gasteiger partial charge in [0, 0.05) is 67.1 Å². The molecule has 1 fully saturated rings. The lowest BCUT2D eigenvalue weighted by Crippen LogP contribution is -2.54. The van der Waals surface area contributed by atoms with Crippen LogP contribution in [-0.4, -0.2) is 88.9 Å². The number of piperidine rings is 1. The second kappa shape index (κ2) is 18.2. The number of nitrogens with one attached hydrogen (secondary N) is 4.